The highest BCUT2D eigenvalue weighted by Crippen LogP contribution is 2.26. The summed E-state index contributed by atoms with van der Waals surface area (Å²) < 4.78 is 3.18. The third-order valence-electron chi connectivity index (χ3n) is 2.87. The minimum Gasteiger partial charge on any atom is -0.478 e. The highest BCUT2D eigenvalue weighted by molar-refractivity contribution is 8.00. The molecular formula is C15H11N3O2S. The molecule has 0 aliphatic carbocycles. The normalized spacial score (nSPS) is 10.5. The molecule has 2 N–H and O–H groups in total. The van der Waals surface area contributed by atoms with Crippen LogP contribution in [-0.4, -0.2) is 21.0 Å². The lowest BCUT2D eigenvalue weighted by Crippen LogP contribution is -1.96. The molecule has 1 heterocycles. The van der Waals surface area contributed by atoms with Gasteiger partial charge in [-0.15, -0.1) is 0 Å². The molecule has 0 saturated heterocycles. The summed E-state index contributed by atoms with van der Waals surface area (Å²) in [5, 5.41) is 8.86. The van der Waals surface area contributed by atoms with E-state index in [1.807, 2.05) is 18.2 Å². The summed E-state index contributed by atoms with van der Waals surface area (Å²) in [5.41, 5.74) is 2.76. The van der Waals surface area contributed by atoms with Gasteiger partial charge in [0.25, 0.3) is 0 Å². The molecule has 0 aliphatic rings. The number of nitrogens with zero attached hydrogens (tertiary/aromatic N) is 2. The van der Waals surface area contributed by atoms with Crippen LogP contribution in [0, 0.1) is 0 Å². The average Bonchev–Trinajstić information content (AvgIpc) is 2.53. The first-order chi connectivity index (χ1) is 10.2. The van der Waals surface area contributed by atoms with Gasteiger partial charge in [0.05, 0.1) is 16.0 Å². The van der Waals surface area contributed by atoms with Crippen LogP contribution < -0.4 is 4.72 Å². The fourth-order valence-corrected chi connectivity index (χ4v) is 2.61. The predicted molar refractivity (Wildman–Crippen MR) is 82.4 cm³/mol. The Labute approximate surface area is 125 Å². The molecule has 0 spiro atoms. The Morgan fingerprint density at radius 3 is 2.57 bits per heavy atom. The van der Waals surface area contributed by atoms with Crippen molar-refractivity contribution in [3.8, 4) is 0 Å². The summed E-state index contributed by atoms with van der Waals surface area (Å²) in [6.07, 6.45) is 3.32. The number of nitrogens with one attached hydrogen (secondary N) is 1. The van der Waals surface area contributed by atoms with Crippen molar-refractivity contribution in [2.75, 3.05) is 4.72 Å². The maximum Gasteiger partial charge on any atom is 0.335 e. The van der Waals surface area contributed by atoms with E-state index in [4.69, 9.17) is 5.11 Å². The van der Waals surface area contributed by atoms with Crippen molar-refractivity contribution in [1.82, 2.24) is 9.97 Å². The van der Waals surface area contributed by atoms with Crippen molar-refractivity contribution >= 4 is 34.6 Å². The smallest absolute Gasteiger partial charge is 0.335 e. The Kier molecular flexibility index (Phi) is 3.70. The first kappa shape index (κ1) is 13.4. The standard InChI is InChI=1S/C15H11N3O2S/c19-15(20)10-4-6-11(7-5-10)18-21-13-3-1-2-12-14(13)17-9-8-16-12/h1-9,18H,(H,19,20). The molecule has 0 radical (unpaired) electrons. The molecule has 0 unspecified atom stereocenters. The van der Waals surface area contributed by atoms with Crippen LogP contribution in [0.15, 0.2) is 59.8 Å². The van der Waals surface area contributed by atoms with Gasteiger partial charge in [-0.2, -0.15) is 0 Å². The summed E-state index contributed by atoms with van der Waals surface area (Å²) in [5.74, 6) is -0.932. The quantitative estimate of drug-likeness (QED) is 0.718. The second kappa shape index (κ2) is 5.80. The fourth-order valence-electron chi connectivity index (χ4n) is 1.84. The zero-order valence-corrected chi connectivity index (χ0v) is 11.7. The first-order valence-corrected chi connectivity index (χ1v) is 7.01. The van der Waals surface area contributed by atoms with Crippen LogP contribution in [0.4, 0.5) is 5.69 Å². The van der Waals surface area contributed by atoms with E-state index in [-0.39, 0.29) is 5.56 Å². The van der Waals surface area contributed by atoms with Crippen molar-refractivity contribution < 1.29 is 9.90 Å². The maximum absolute atomic E-state index is 10.8. The lowest BCUT2D eigenvalue weighted by molar-refractivity contribution is 0.0697. The molecule has 104 valence electrons. The summed E-state index contributed by atoms with van der Waals surface area (Å²) in [4.78, 5) is 20.3. The lowest BCUT2D eigenvalue weighted by Gasteiger charge is -2.07. The van der Waals surface area contributed by atoms with E-state index >= 15 is 0 Å². The molecule has 5 nitrogen and oxygen atoms in total. The molecule has 0 bridgehead atoms. The number of benzene rings is 2. The number of para-hydroxylation sites is 1. The Balaban J connectivity index is 1.79. The number of carboxylic acids is 1. The van der Waals surface area contributed by atoms with Crippen molar-refractivity contribution in [3.05, 3.63) is 60.4 Å². The SMILES string of the molecule is O=C(O)c1ccc(NSc2cccc3nccnc23)cc1. The van der Waals surface area contributed by atoms with Crippen molar-refractivity contribution in [3.63, 3.8) is 0 Å². The first-order valence-electron chi connectivity index (χ1n) is 6.20. The zero-order valence-electron chi connectivity index (χ0n) is 10.9. The molecular weight excluding hydrogens is 286 g/mol. The van der Waals surface area contributed by atoms with Gasteiger partial charge in [0.15, 0.2) is 0 Å². The molecule has 21 heavy (non-hydrogen) atoms. The van der Waals surface area contributed by atoms with Gasteiger partial charge in [-0.05, 0) is 48.3 Å². The van der Waals surface area contributed by atoms with Gasteiger partial charge in [-0.3, -0.25) is 9.97 Å². The van der Waals surface area contributed by atoms with Gasteiger partial charge in [-0.1, -0.05) is 6.07 Å². The number of anilines is 1. The van der Waals surface area contributed by atoms with Crippen LogP contribution in [-0.2, 0) is 0 Å². The number of hydrogen-bond donors (Lipinski definition) is 2. The van der Waals surface area contributed by atoms with Crippen LogP contribution in [0.25, 0.3) is 11.0 Å². The van der Waals surface area contributed by atoms with E-state index in [9.17, 15) is 4.79 Å². The van der Waals surface area contributed by atoms with Crippen molar-refractivity contribution in [1.29, 1.82) is 0 Å². The van der Waals surface area contributed by atoms with Gasteiger partial charge in [0, 0.05) is 18.1 Å². The fraction of sp³-hybridized carbons (Fsp3) is 0. The number of aromatic nitrogens is 2. The number of rotatable bonds is 4. The Bertz CT molecular complexity index is 785. The molecule has 0 saturated carbocycles. The summed E-state index contributed by atoms with van der Waals surface area (Å²) in [6, 6.07) is 12.4. The molecule has 0 aliphatic heterocycles. The Hall–Kier alpha value is -2.60. The van der Waals surface area contributed by atoms with E-state index in [1.54, 1.807) is 36.7 Å². The van der Waals surface area contributed by atoms with Gasteiger partial charge in [0.1, 0.15) is 5.52 Å². The molecule has 2 aromatic carbocycles. The van der Waals surface area contributed by atoms with Gasteiger partial charge < -0.3 is 9.83 Å². The Morgan fingerprint density at radius 2 is 1.81 bits per heavy atom. The molecule has 3 aromatic rings. The van der Waals surface area contributed by atoms with Crippen molar-refractivity contribution in [2.45, 2.75) is 4.90 Å². The number of hydrogen-bond acceptors (Lipinski definition) is 5. The second-order valence-electron chi connectivity index (χ2n) is 4.27. The second-order valence-corrected chi connectivity index (χ2v) is 5.11. The maximum atomic E-state index is 10.8. The van der Waals surface area contributed by atoms with Crippen LogP contribution >= 0.6 is 11.9 Å². The topological polar surface area (TPSA) is 75.1 Å². The van der Waals surface area contributed by atoms with Gasteiger partial charge >= 0.3 is 5.97 Å². The highest BCUT2D eigenvalue weighted by atomic mass is 32.2. The highest BCUT2D eigenvalue weighted by Gasteiger charge is 2.05. The zero-order chi connectivity index (χ0) is 14.7. The summed E-state index contributed by atoms with van der Waals surface area (Å²) in [6.45, 7) is 0. The van der Waals surface area contributed by atoms with E-state index in [2.05, 4.69) is 14.7 Å². The largest absolute Gasteiger partial charge is 0.478 e. The van der Waals surface area contributed by atoms with E-state index < -0.39 is 5.97 Å². The van der Waals surface area contributed by atoms with E-state index in [0.717, 1.165) is 21.6 Å². The summed E-state index contributed by atoms with van der Waals surface area (Å²) in [7, 11) is 0. The molecule has 0 atom stereocenters. The molecule has 3 rings (SSSR count). The summed E-state index contributed by atoms with van der Waals surface area (Å²) >= 11 is 1.42. The van der Waals surface area contributed by atoms with Crippen molar-refractivity contribution in [2.24, 2.45) is 0 Å². The minimum atomic E-state index is -0.932. The van der Waals surface area contributed by atoms with Gasteiger partial charge in [-0.25, -0.2) is 4.79 Å². The van der Waals surface area contributed by atoms with Crippen LogP contribution in [0.1, 0.15) is 10.4 Å². The van der Waals surface area contributed by atoms with Crippen LogP contribution in [0.2, 0.25) is 0 Å². The third-order valence-corrected chi connectivity index (χ3v) is 3.76. The van der Waals surface area contributed by atoms with Crippen LogP contribution in [0.3, 0.4) is 0 Å². The predicted octanol–water partition coefficient (Wildman–Crippen LogP) is 3.45. The number of carboxylic acid groups (broad SMARTS) is 1. The molecule has 6 heteroatoms. The average molecular weight is 297 g/mol. The monoisotopic (exact) mass is 297 g/mol. The number of aromatic carboxylic acids is 1. The van der Waals surface area contributed by atoms with Gasteiger partial charge in [0.2, 0.25) is 0 Å². The van der Waals surface area contributed by atoms with Crippen LogP contribution in [0.5, 0.6) is 0 Å². The van der Waals surface area contributed by atoms with E-state index in [0.29, 0.717) is 0 Å². The Morgan fingerprint density at radius 1 is 1.05 bits per heavy atom. The van der Waals surface area contributed by atoms with E-state index in [1.165, 1.54) is 11.9 Å². The number of carbonyl (C=O) groups is 1. The minimum absolute atomic E-state index is 0.265. The molecule has 1 aromatic heterocycles. The lowest BCUT2D eigenvalue weighted by atomic mass is 10.2. The third kappa shape index (κ3) is 2.95. The molecule has 0 amide bonds. The molecule has 0 fully saturated rings. The number of fused-ring (bicyclic) bond motifs is 1.